The van der Waals surface area contributed by atoms with Crippen molar-refractivity contribution in [2.45, 2.75) is 25.8 Å². The molecule has 0 saturated heterocycles. The van der Waals surface area contributed by atoms with Gasteiger partial charge in [0.15, 0.2) is 0 Å². The average molecular weight is 264 g/mol. The van der Waals surface area contributed by atoms with E-state index in [1.165, 1.54) is 5.56 Å². The molecule has 0 fully saturated rings. The number of pyridine rings is 1. The van der Waals surface area contributed by atoms with Crippen molar-refractivity contribution in [1.29, 1.82) is 0 Å². The second-order valence-corrected chi connectivity index (χ2v) is 5.07. The number of nitrogens with one attached hydrogen (secondary N) is 1. The van der Waals surface area contributed by atoms with Crippen LogP contribution in [0.1, 0.15) is 19.4 Å². The summed E-state index contributed by atoms with van der Waals surface area (Å²) >= 11 is 0. The number of likely N-dealkylation sites (N-methyl/N-ethyl adjacent to an activating group) is 2. The minimum atomic E-state index is -0.679. The zero-order valence-corrected chi connectivity index (χ0v) is 12.0. The Morgan fingerprint density at radius 2 is 2.11 bits per heavy atom. The lowest BCUT2D eigenvalue weighted by Gasteiger charge is -2.31. The fourth-order valence-corrected chi connectivity index (χ4v) is 2.10. The molecule has 0 spiro atoms. The van der Waals surface area contributed by atoms with Crippen LogP contribution in [0.15, 0.2) is 24.5 Å². The fraction of sp³-hybridized carbons (Fsp3) is 0.571. The van der Waals surface area contributed by atoms with Gasteiger partial charge in [0.2, 0.25) is 5.91 Å². The van der Waals surface area contributed by atoms with E-state index in [1.807, 2.05) is 33.0 Å². The SMILES string of the molecule is CCNC(C)(CN(C)CCc1ccncc1)C(N)=O. The van der Waals surface area contributed by atoms with Crippen LogP contribution in [0.5, 0.6) is 0 Å². The Kier molecular flexibility index (Phi) is 5.92. The van der Waals surface area contributed by atoms with Gasteiger partial charge in [-0.15, -0.1) is 0 Å². The van der Waals surface area contributed by atoms with Crippen LogP contribution in [-0.4, -0.2) is 48.0 Å². The lowest BCUT2D eigenvalue weighted by molar-refractivity contribution is -0.124. The van der Waals surface area contributed by atoms with Crippen molar-refractivity contribution in [2.24, 2.45) is 5.73 Å². The van der Waals surface area contributed by atoms with Crippen LogP contribution in [-0.2, 0) is 11.2 Å². The molecule has 106 valence electrons. The Balaban J connectivity index is 2.49. The zero-order valence-electron chi connectivity index (χ0n) is 12.0. The lowest BCUT2D eigenvalue weighted by atomic mass is 10.0. The Hall–Kier alpha value is -1.46. The number of primary amides is 1. The van der Waals surface area contributed by atoms with Crippen LogP contribution in [0.3, 0.4) is 0 Å². The highest BCUT2D eigenvalue weighted by molar-refractivity contribution is 5.84. The molecule has 1 unspecified atom stereocenters. The van der Waals surface area contributed by atoms with Crippen molar-refractivity contribution in [3.63, 3.8) is 0 Å². The van der Waals surface area contributed by atoms with Gasteiger partial charge in [-0.05, 0) is 44.6 Å². The summed E-state index contributed by atoms with van der Waals surface area (Å²) in [5.41, 5.74) is 6.04. The second-order valence-electron chi connectivity index (χ2n) is 5.07. The van der Waals surface area contributed by atoms with Crippen LogP contribution in [0.4, 0.5) is 0 Å². The van der Waals surface area contributed by atoms with Crippen molar-refractivity contribution >= 4 is 5.91 Å². The van der Waals surface area contributed by atoms with E-state index >= 15 is 0 Å². The van der Waals surface area contributed by atoms with Gasteiger partial charge in [0.1, 0.15) is 5.54 Å². The maximum Gasteiger partial charge on any atom is 0.238 e. The Bertz CT molecular complexity index is 396. The molecule has 1 heterocycles. The highest BCUT2D eigenvalue weighted by Crippen LogP contribution is 2.06. The third-order valence-electron chi connectivity index (χ3n) is 3.23. The topological polar surface area (TPSA) is 71.2 Å². The summed E-state index contributed by atoms with van der Waals surface area (Å²) in [7, 11) is 2.00. The third kappa shape index (κ3) is 4.96. The van der Waals surface area contributed by atoms with Gasteiger partial charge in [0.05, 0.1) is 0 Å². The average Bonchev–Trinajstić information content (AvgIpc) is 2.37. The highest BCUT2D eigenvalue weighted by atomic mass is 16.1. The molecule has 0 aliphatic rings. The van der Waals surface area contributed by atoms with Crippen molar-refractivity contribution in [3.8, 4) is 0 Å². The molecule has 0 aromatic carbocycles. The quantitative estimate of drug-likeness (QED) is 0.713. The van der Waals surface area contributed by atoms with E-state index in [4.69, 9.17) is 5.73 Å². The Labute approximate surface area is 115 Å². The van der Waals surface area contributed by atoms with Gasteiger partial charge in [0, 0.05) is 25.5 Å². The van der Waals surface area contributed by atoms with Gasteiger partial charge in [-0.1, -0.05) is 6.92 Å². The maximum atomic E-state index is 11.5. The minimum absolute atomic E-state index is 0.315. The molecule has 19 heavy (non-hydrogen) atoms. The molecule has 0 saturated carbocycles. The summed E-state index contributed by atoms with van der Waals surface area (Å²) in [5, 5.41) is 3.16. The molecule has 1 aromatic rings. The van der Waals surface area contributed by atoms with E-state index in [2.05, 4.69) is 15.2 Å². The number of carbonyl (C=O) groups is 1. The summed E-state index contributed by atoms with van der Waals surface area (Å²) in [4.78, 5) is 17.7. The molecule has 0 aliphatic heterocycles. The van der Waals surface area contributed by atoms with Gasteiger partial charge in [-0.3, -0.25) is 9.78 Å². The minimum Gasteiger partial charge on any atom is -0.368 e. The van der Waals surface area contributed by atoms with Crippen LogP contribution in [0.25, 0.3) is 0 Å². The predicted molar refractivity (Wildman–Crippen MR) is 76.7 cm³/mol. The summed E-state index contributed by atoms with van der Waals surface area (Å²) in [5.74, 6) is -0.315. The van der Waals surface area contributed by atoms with Gasteiger partial charge in [-0.25, -0.2) is 0 Å². The van der Waals surface area contributed by atoms with Gasteiger partial charge in [-0.2, -0.15) is 0 Å². The highest BCUT2D eigenvalue weighted by Gasteiger charge is 2.31. The number of nitrogens with zero attached hydrogens (tertiary/aromatic N) is 2. The number of aromatic nitrogens is 1. The standard InChI is InChI=1S/C14H24N4O/c1-4-17-14(2,13(15)19)11-18(3)10-7-12-5-8-16-9-6-12/h5-6,8-9,17H,4,7,10-11H2,1-3H3,(H2,15,19). The first kappa shape index (κ1) is 15.6. The smallest absolute Gasteiger partial charge is 0.238 e. The lowest BCUT2D eigenvalue weighted by Crippen LogP contribution is -2.59. The van der Waals surface area contributed by atoms with E-state index in [1.54, 1.807) is 12.4 Å². The van der Waals surface area contributed by atoms with Crippen molar-refractivity contribution in [2.75, 3.05) is 26.7 Å². The van der Waals surface area contributed by atoms with E-state index < -0.39 is 5.54 Å². The molecular formula is C14H24N4O. The molecule has 3 N–H and O–H groups in total. The number of nitrogens with two attached hydrogens (primary N) is 1. The van der Waals surface area contributed by atoms with Gasteiger partial charge < -0.3 is 16.0 Å². The predicted octanol–water partition coefficient (Wildman–Crippen LogP) is 0.409. The summed E-state index contributed by atoms with van der Waals surface area (Å²) in [6.45, 7) is 6.01. The van der Waals surface area contributed by atoms with Crippen LogP contribution in [0, 0.1) is 0 Å². The molecule has 1 rings (SSSR count). The van der Waals surface area contributed by atoms with Crippen molar-refractivity contribution in [3.05, 3.63) is 30.1 Å². The van der Waals surface area contributed by atoms with E-state index in [0.717, 1.165) is 19.5 Å². The van der Waals surface area contributed by atoms with Gasteiger partial charge >= 0.3 is 0 Å². The third-order valence-corrected chi connectivity index (χ3v) is 3.23. The van der Waals surface area contributed by atoms with E-state index in [9.17, 15) is 4.79 Å². The van der Waals surface area contributed by atoms with Crippen molar-refractivity contribution < 1.29 is 4.79 Å². The van der Waals surface area contributed by atoms with Crippen molar-refractivity contribution in [1.82, 2.24) is 15.2 Å². The normalized spacial score (nSPS) is 14.3. The number of carbonyl (C=O) groups excluding carboxylic acids is 1. The molecule has 1 atom stereocenters. The Morgan fingerprint density at radius 3 is 2.63 bits per heavy atom. The largest absolute Gasteiger partial charge is 0.368 e. The van der Waals surface area contributed by atoms with Crippen LogP contribution < -0.4 is 11.1 Å². The number of rotatable bonds is 8. The van der Waals surface area contributed by atoms with Gasteiger partial charge in [0.25, 0.3) is 0 Å². The summed E-state index contributed by atoms with van der Waals surface area (Å²) < 4.78 is 0. The molecule has 5 heteroatoms. The molecule has 0 aliphatic carbocycles. The molecule has 1 amide bonds. The number of hydrogen-bond donors (Lipinski definition) is 2. The molecule has 1 aromatic heterocycles. The molecule has 5 nitrogen and oxygen atoms in total. The van der Waals surface area contributed by atoms with E-state index in [0.29, 0.717) is 6.54 Å². The fourth-order valence-electron chi connectivity index (χ4n) is 2.10. The maximum absolute atomic E-state index is 11.5. The van der Waals surface area contributed by atoms with Crippen LogP contribution >= 0.6 is 0 Å². The number of amides is 1. The molecule has 0 radical (unpaired) electrons. The Morgan fingerprint density at radius 1 is 1.47 bits per heavy atom. The first-order valence-electron chi connectivity index (χ1n) is 6.60. The molecule has 0 bridgehead atoms. The molecular weight excluding hydrogens is 240 g/mol. The summed E-state index contributed by atoms with van der Waals surface area (Å²) in [6, 6.07) is 4.01. The first-order valence-corrected chi connectivity index (χ1v) is 6.60. The first-order chi connectivity index (χ1) is 8.98. The number of hydrogen-bond acceptors (Lipinski definition) is 4. The van der Waals surface area contributed by atoms with E-state index in [-0.39, 0.29) is 5.91 Å². The zero-order chi connectivity index (χ0) is 14.3. The summed E-state index contributed by atoms with van der Waals surface area (Å²) in [6.07, 6.45) is 4.52. The monoisotopic (exact) mass is 264 g/mol. The van der Waals surface area contributed by atoms with Crippen LogP contribution in [0.2, 0.25) is 0 Å². The second kappa shape index (κ2) is 7.21.